The van der Waals surface area contributed by atoms with Crippen molar-refractivity contribution in [3.63, 3.8) is 0 Å². The highest BCUT2D eigenvalue weighted by Crippen LogP contribution is 2.17. The van der Waals surface area contributed by atoms with E-state index in [1.807, 2.05) is 42.7 Å². The Morgan fingerprint density at radius 2 is 1.92 bits per heavy atom. The molecule has 2 N–H and O–H groups in total. The summed E-state index contributed by atoms with van der Waals surface area (Å²) in [4.78, 5) is 4.26. The van der Waals surface area contributed by atoms with Gasteiger partial charge in [0.2, 0.25) is 0 Å². The lowest BCUT2D eigenvalue weighted by atomic mass is 10.1. The van der Waals surface area contributed by atoms with E-state index in [2.05, 4.69) is 15.6 Å². The summed E-state index contributed by atoms with van der Waals surface area (Å²) in [5.41, 5.74) is 3.17. The largest absolute Gasteiger partial charge is 0.375 e. The molecular formula is C20H26FN3OS. The molecule has 2 rings (SSSR count). The molecule has 1 atom stereocenters. The highest BCUT2D eigenvalue weighted by Gasteiger charge is 2.11. The van der Waals surface area contributed by atoms with Gasteiger partial charge in [-0.05, 0) is 35.1 Å². The maximum absolute atomic E-state index is 13.5. The van der Waals surface area contributed by atoms with E-state index in [1.54, 1.807) is 32.0 Å². The predicted molar refractivity (Wildman–Crippen MR) is 108 cm³/mol. The molecule has 26 heavy (non-hydrogen) atoms. The van der Waals surface area contributed by atoms with Crippen LogP contribution < -0.4 is 10.6 Å². The number of methoxy groups -OCH3 is 1. The number of hydrogen-bond acceptors (Lipinski definition) is 3. The van der Waals surface area contributed by atoms with Gasteiger partial charge in [-0.25, -0.2) is 4.39 Å². The molecule has 2 aromatic rings. The lowest BCUT2D eigenvalue weighted by Gasteiger charge is -2.19. The van der Waals surface area contributed by atoms with Crippen molar-refractivity contribution < 1.29 is 9.13 Å². The van der Waals surface area contributed by atoms with Crippen molar-refractivity contribution in [1.82, 2.24) is 10.6 Å². The molecular weight excluding hydrogens is 349 g/mol. The van der Waals surface area contributed by atoms with Gasteiger partial charge < -0.3 is 15.4 Å². The van der Waals surface area contributed by atoms with Crippen LogP contribution in [0.25, 0.3) is 0 Å². The lowest BCUT2D eigenvalue weighted by Crippen LogP contribution is -2.39. The average Bonchev–Trinajstić information content (AvgIpc) is 2.67. The van der Waals surface area contributed by atoms with Crippen LogP contribution in [0.3, 0.4) is 0 Å². The Bertz CT molecular complexity index is 709. The molecule has 0 spiro atoms. The molecule has 0 bridgehead atoms. The van der Waals surface area contributed by atoms with Crippen LogP contribution in [0.1, 0.15) is 22.8 Å². The summed E-state index contributed by atoms with van der Waals surface area (Å²) in [5.74, 6) is 1.26. The third-order valence-electron chi connectivity index (χ3n) is 4.05. The quantitative estimate of drug-likeness (QED) is 0.545. The van der Waals surface area contributed by atoms with E-state index in [0.717, 1.165) is 22.4 Å². The Morgan fingerprint density at radius 1 is 1.15 bits per heavy atom. The van der Waals surface area contributed by atoms with Gasteiger partial charge in [0.25, 0.3) is 0 Å². The van der Waals surface area contributed by atoms with Crippen molar-refractivity contribution in [1.29, 1.82) is 0 Å². The van der Waals surface area contributed by atoms with Crippen LogP contribution in [-0.2, 0) is 17.0 Å². The lowest BCUT2D eigenvalue weighted by molar-refractivity contribution is 0.106. The van der Waals surface area contributed by atoms with Crippen LogP contribution >= 0.6 is 11.8 Å². The zero-order valence-electron chi connectivity index (χ0n) is 15.5. The normalized spacial score (nSPS) is 12.7. The number of thioether (sulfide) groups is 1. The molecule has 0 heterocycles. The Kier molecular flexibility index (Phi) is 8.44. The molecule has 0 saturated heterocycles. The van der Waals surface area contributed by atoms with Gasteiger partial charge >= 0.3 is 0 Å². The second-order valence-corrected chi connectivity index (χ2v) is 6.65. The highest BCUT2D eigenvalue weighted by atomic mass is 32.2. The average molecular weight is 376 g/mol. The summed E-state index contributed by atoms with van der Waals surface area (Å²) in [6.45, 7) is 1.18. The van der Waals surface area contributed by atoms with Gasteiger partial charge in [0.15, 0.2) is 5.96 Å². The van der Waals surface area contributed by atoms with E-state index in [4.69, 9.17) is 4.74 Å². The molecule has 0 saturated carbocycles. The monoisotopic (exact) mass is 375 g/mol. The van der Waals surface area contributed by atoms with Gasteiger partial charge in [-0.1, -0.05) is 36.4 Å². The molecule has 6 heteroatoms. The molecule has 0 fully saturated rings. The van der Waals surface area contributed by atoms with Crippen LogP contribution in [0.15, 0.2) is 53.5 Å². The number of aliphatic imine (C=N–C) groups is 1. The molecule has 0 aromatic heterocycles. The smallest absolute Gasteiger partial charge is 0.191 e. The number of benzene rings is 2. The van der Waals surface area contributed by atoms with Crippen molar-refractivity contribution >= 4 is 17.7 Å². The minimum atomic E-state index is -0.203. The van der Waals surface area contributed by atoms with E-state index in [0.29, 0.717) is 19.0 Å². The maximum Gasteiger partial charge on any atom is 0.191 e. The maximum atomic E-state index is 13.5. The fraction of sp³-hybridized carbons (Fsp3) is 0.350. The highest BCUT2D eigenvalue weighted by molar-refractivity contribution is 7.97. The molecule has 0 aliphatic rings. The standard InChI is InChI=1S/C20H26FN3OS/c1-22-20(24-13-19(25-2)15-7-5-4-6-8-15)23-12-16-9-10-18(21)11-17(16)14-26-3/h4-11,19H,12-14H2,1-3H3,(H2,22,23,24). The molecule has 0 aliphatic carbocycles. The molecule has 1 unspecified atom stereocenters. The van der Waals surface area contributed by atoms with Gasteiger partial charge in [-0.2, -0.15) is 11.8 Å². The van der Waals surface area contributed by atoms with Gasteiger partial charge in [0.1, 0.15) is 5.82 Å². The summed E-state index contributed by atoms with van der Waals surface area (Å²) >= 11 is 1.68. The van der Waals surface area contributed by atoms with E-state index in [-0.39, 0.29) is 11.9 Å². The van der Waals surface area contributed by atoms with E-state index in [1.165, 1.54) is 6.07 Å². The minimum absolute atomic E-state index is 0.0624. The van der Waals surface area contributed by atoms with Crippen LogP contribution in [0.4, 0.5) is 4.39 Å². The van der Waals surface area contributed by atoms with Crippen molar-refractivity contribution in [2.75, 3.05) is 27.0 Å². The summed E-state index contributed by atoms with van der Waals surface area (Å²) in [7, 11) is 3.43. The van der Waals surface area contributed by atoms with Crippen molar-refractivity contribution in [2.24, 2.45) is 4.99 Å². The molecule has 4 nitrogen and oxygen atoms in total. The predicted octanol–water partition coefficient (Wildman–Crippen LogP) is 3.74. The SMILES string of the molecule is CN=C(NCc1ccc(F)cc1CSC)NCC(OC)c1ccccc1. The summed E-state index contributed by atoms with van der Waals surface area (Å²) in [6, 6.07) is 15.0. The zero-order valence-corrected chi connectivity index (χ0v) is 16.3. The fourth-order valence-electron chi connectivity index (χ4n) is 2.65. The van der Waals surface area contributed by atoms with Gasteiger partial charge in [0.05, 0.1) is 6.10 Å². The minimum Gasteiger partial charge on any atom is -0.375 e. The number of nitrogens with one attached hydrogen (secondary N) is 2. The van der Waals surface area contributed by atoms with Gasteiger partial charge in [-0.15, -0.1) is 0 Å². The first-order chi connectivity index (χ1) is 12.7. The topological polar surface area (TPSA) is 45.7 Å². The number of ether oxygens (including phenoxy) is 1. The van der Waals surface area contributed by atoms with Gasteiger partial charge in [-0.3, -0.25) is 4.99 Å². The van der Waals surface area contributed by atoms with Crippen LogP contribution in [0.5, 0.6) is 0 Å². The first kappa shape index (κ1) is 20.3. The van der Waals surface area contributed by atoms with Crippen LogP contribution in [0.2, 0.25) is 0 Å². The number of rotatable bonds is 8. The first-order valence-electron chi connectivity index (χ1n) is 8.46. The van der Waals surface area contributed by atoms with E-state index >= 15 is 0 Å². The number of nitrogens with zero attached hydrogens (tertiary/aromatic N) is 1. The van der Waals surface area contributed by atoms with E-state index in [9.17, 15) is 4.39 Å². The Balaban J connectivity index is 1.94. The summed E-state index contributed by atoms with van der Waals surface area (Å²) < 4.78 is 19.0. The number of guanidine groups is 1. The first-order valence-corrected chi connectivity index (χ1v) is 9.85. The van der Waals surface area contributed by atoms with E-state index < -0.39 is 0 Å². The Labute approximate surface area is 159 Å². The zero-order chi connectivity index (χ0) is 18.8. The summed E-state index contributed by atoms with van der Waals surface area (Å²) in [6.07, 6.45) is 1.95. The van der Waals surface area contributed by atoms with Crippen LogP contribution in [0, 0.1) is 5.82 Å². The Hall–Kier alpha value is -2.05. The Morgan fingerprint density at radius 3 is 2.58 bits per heavy atom. The molecule has 0 radical (unpaired) electrons. The third-order valence-corrected chi connectivity index (χ3v) is 4.65. The third kappa shape index (κ3) is 6.04. The number of halogens is 1. The van der Waals surface area contributed by atoms with Gasteiger partial charge in [0, 0.05) is 33.0 Å². The van der Waals surface area contributed by atoms with Crippen molar-refractivity contribution in [3.8, 4) is 0 Å². The van der Waals surface area contributed by atoms with Crippen LogP contribution in [-0.4, -0.2) is 32.9 Å². The van der Waals surface area contributed by atoms with Crippen molar-refractivity contribution in [2.45, 2.75) is 18.4 Å². The molecule has 0 amide bonds. The van der Waals surface area contributed by atoms with Crippen molar-refractivity contribution in [3.05, 3.63) is 71.0 Å². The fourth-order valence-corrected chi connectivity index (χ4v) is 3.23. The second kappa shape index (κ2) is 10.8. The molecule has 0 aliphatic heterocycles. The molecule has 140 valence electrons. The summed E-state index contributed by atoms with van der Waals surface area (Å²) in [5, 5.41) is 6.57. The number of hydrogen-bond donors (Lipinski definition) is 2. The second-order valence-electron chi connectivity index (χ2n) is 5.79. The molecule has 2 aromatic carbocycles.